The fraction of sp³-hybridized carbons (Fsp3) is 0.409. The van der Waals surface area contributed by atoms with Crippen molar-refractivity contribution in [1.82, 2.24) is 4.90 Å². The van der Waals surface area contributed by atoms with Crippen LogP contribution >= 0.6 is 11.8 Å². The zero-order valence-corrected chi connectivity index (χ0v) is 18.3. The minimum absolute atomic E-state index is 0.0490. The average Bonchev–Trinajstić information content (AvgIpc) is 2.72. The maximum absolute atomic E-state index is 14.0. The Labute approximate surface area is 179 Å². The smallest absolute Gasteiger partial charge is 0.422 e. The van der Waals surface area contributed by atoms with Crippen LogP contribution in [0.4, 0.5) is 18.9 Å². The number of hydrogen-bond donors (Lipinski definition) is 1. The van der Waals surface area contributed by atoms with Gasteiger partial charge in [0.2, 0.25) is 0 Å². The first-order valence-corrected chi connectivity index (χ1v) is 10.6. The number of halogens is 3. The highest BCUT2D eigenvalue weighted by atomic mass is 32.2. The number of alkyl halides is 3. The van der Waals surface area contributed by atoms with Gasteiger partial charge < -0.3 is 14.7 Å². The molecule has 2 aromatic carbocycles. The number of thioether (sulfide) groups is 1. The topological polar surface area (TPSA) is 45.1 Å². The van der Waals surface area contributed by atoms with E-state index in [1.807, 2.05) is 49.2 Å². The molecule has 1 unspecified atom stereocenters. The van der Waals surface area contributed by atoms with Gasteiger partial charge in [-0.1, -0.05) is 30.3 Å². The molecule has 0 aliphatic rings. The van der Waals surface area contributed by atoms with Crippen molar-refractivity contribution >= 4 is 23.8 Å². The second-order valence-corrected chi connectivity index (χ2v) is 7.98. The fourth-order valence-corrected chi connectivity index (χ4v) is 3.90. The van der Waals surface area contributed by atoms with Crippen molar-refractivity contribution in [2.45, 2.75) is 31.4 Å². The van der Waals surface area contributed by atoms with Gasteiger partial charge in [0, 0.05) is 36.7 Å². The van der Waals surface area contributed by atoms with E-state index in [4.69, 9.17) is 4.74 Å². The molecule has 0 aliphatic carbocycles. The van der Waals surface area contributed by atoms with Gasteiger partial charge in [-0.15, -0.1) is 0 Å². The van der Waals surface area contributed by atoms with E-state index < -0.39 is 17.5 Å². The standard InChI is InChI=1S/C22H27F3N2O2S/c1-5-27(3)15-26-19-12-20(29-4)18(11-16(19)2)21(28,22(23,24)25)14-30-13-17-9-7-6-8-10-17/h6-12,15,28H,5,13-14H2,1-4H3. The van der Waals surface area contributed by atoms with Gasteiger partial charge in [0.15, 0.2) is 5.60 Å². The lowest BCUT2D eigenvalue weighted by Crippen LogP contribution is -2.45. The van der Waals surface area contributed by atoms with E-state index in [1.54, 1.807) is 13.3 Å². The Hall–Kier alpha value is -2.19. The van der Waals surface area contributed by atoms with Gasteiger partial charge in [-0.2, -0.15) is 24.9 Å². The van der Waals surface area contributed by atoms with Gasteiger partial charge in [-0.3, -0.25) is 0 Å². The minimum Gasteiger partial charge on any atom is -0.496 e. The van der Waals surface area contributed by atoms with Gasteiger partial charge in [0.05, 0.1) is 19.1 Å². The van der Waals surface area contributed by atoms with Crippen molar-refractivity contribution in [3.8, 4) is 5.75 Å². The van der Waals surface area contributed by atoms with Gasteiger partial charge in [0.1, 0.15) is 5.75 Å². The van der Waals surface area contributed by atoms with E-state index in [-0.39, 0.29) is 11.3 Å². The summed E-state index contributed by atoms with van der Waals surface area (Å²) in [5.41, 5.74) is -1.47. The molecule has 30 heavy (non-hydrogen) atoms. The molecular formula is C22H27F3N2O2S. The second-order valence-electron chi connectivity index (χ2n) is 6.99. The van der Waals surface area contributed by atoms with E-state index in [9.17, 15) is 18.3 Å². The lowest BCUT2D eigenvalue weighted by molar-refractivity contribution is -0.256. The molecule has 0 saturated carbocycles. The van der Waals surface area contributed by atoms with Crippen LogP contribution in [0, 0.1) is 6.92 Å². The molecule has 0 fully saturated rings. The molecule has 4 nitrogen and oxygen atoms in total. The van der Waals surface area contributed by atoms with Gasteiger partial charge in [-0.25, -0.2) is 4.99 Å². The van der Waals surface area contributed by atoms with Crippen molar-refractivity contribution in [1.29, 1.82) is 0 Å². The molecule has 8 heteroatoms. The van der Waals surface area contributed by atoms with Crippen LogP contribution in [0.15, 0.2) is 47.5 Å². The van der Waals surface area contributed by atoms with Crippen LogP contribution in [0.5, 0.6) is 5.75 Å². The monoisotopic (exact) mass is 440 g/mol. The summed E-state index contributed by atoms with van der Waals surface area (Å²) in [4.78, 5) is 6.16. The summed E-state index contributed by atoms with van der Waals surface area (Å²) in [5, 5.41) is 10.8. The molecule has 1 atom stereocenters. The summed E-state index contributed by atoms with van der Waals surface area (Å²) in [6, 6.07) is 11.9. The van der Waals surface area contributed by atoms with Crippen LogP contribution in [0.2, 0.25) is 0 Å². The quantitative estimate of drug-likeness (QED) is 0.425. The predicted molar refractivity (Wildman–Crippen MR) is 117 cm³/mol. The molecular weight excluding hydrogens is 413 g/mol. The Balaban J connectivity index is 2.38. The van der Waals surface area contributed by atoms with Crippen LogP contribution < -0.4 is 4.74 Å². The highest BCUT2D eigenvalue weighted by Crippen LogP contribution is 2.46. The molecule has 2 rings (SSSR count). The van der Waals surface area contributed by atoms with Gasteiger partial charge in [0.25, 0.3) is 0 Å². The molecule has 0 amide bonds. The van der Waals surface area contributed by atoms with E-state index in [2.05, 4.69) is 4.99 Å². The first-order chi connectivity index (χ1) is 14.1. The highest BCUT2D eigenvalue weighted by molar-refractivity contribution is 7.98. The van der Waals surface area contributed by atoms with Crippen LogP contribution in [0.3, 0.4) is 0 Å². The number of aryl methyl sites for hydroxylation is 1. The zero-order chi connectivity index (χ0) is 22.4. The van der Waals surface area contributed by atoms with E-state index in [0.29, 0.717) is 17.0 Å². The molecule has 0 aliphatic heterocycles. The first-order valence-electron chi connectivity index (χ1n) is 9.46. The molecule has 0 heterocycles. The zero-order valence-electron chi connectivity index (χ0n) is 17.5. The second kappa shape index (κ2) is 10.2. The third kappa shape index (κ3) is 5.70. The lowest BCUT2D eigenvalue weighted by atomic mass is 9.92. The first kappa shape index (κ1) is 24.1. The Bertz CT molecular complexity index is 859. The SMILES string of the molecule is CCN(C)C=Nc1cc(OC)c(C(O)(CSCc2ccccc2)C(F)(F)F)cc1C. The Morgan fingerprint density at radius 3 is 2.43 bits per heavy atom. The van der Waals surface area contributed by atoms with E-state index in [1.165, 1.54) is 19.2 Å². The van der Waals surface area contributed by atoms with Crippen molar-refractivity contribution in [2.24, 2.45) is 4.99 Å². The molecule has 0 aromatic heterocycles. The highest BCUT2D eigenvalue weighted by Gasteiger charge is 2.56. The van der Waals surface area contributed by atoms with Crippen LogP contribution in [0.1, 0.15) is 23.6 Å². The number of aliphatic hydroxyl groups is 1. The van der Waals surface area contributed by atoms with Crippen molar-refractivity contribution < 1.29 is 23.0 Å². The predicted octanol–water partition coefficient (Wildman–Crippen LogP) is 5.30. The summed E-state index contributed by atoms with van der Waals surface area (Å²) in [6.07, 6.45) is -3.27. The van der Waals surface area contributed by atoms with Crippen molar-refractivity contribution in [3.05, 3.63) is 59.2 Å². The van der Waals surface area contributed by atoms with Gasteiger partial charge >= 0.3 is 6.18 Å². The number of benzene rings is 2. The molecule has 0 saturated heterocycles. The minimum atomic E-state index is -4.87. The number of rotatable bonds is 9. The van der Waals surface area contributed by atoms with Crippen LogP contribution in [-0.2, 0) is 11.4 Å². The maximum atomic E-state index is 14.0. The summed E-state index contributed by atoms with van der Waals surface area (Å²) in [5.74, 6) is -0.249. The molecule has 0 spiro atoms. The van der Waals surface area contributed by atoms with E-state index in [0.717, 1.165) is 23.9 Å². The Morgan fingerprint density at radius 2 is 1.87 bits per heavy atom. The van der Waals surface area contributed by atoms with Gasteiger partial charge in [-0.05, 0) is 31.0 Å². The van der Waals surface area contributed by atoms with Crippen LogP contribution in [0.25, 0.3) is 0 Å². The lowest BCUT2D eigenvalue weighted by Gasteiger charge is -2.32. The fourth-order valence-electron chi connectivity index (χ4n) is 2.75. The molecule has 0 bridgehead atoms. The number of methoxy groups -OCH3 is 1. The summed E-state index contributed by atoms with van der Waals surface area (Å²) in [6.45, 7) is 4.36. The van der Waals surface area contributed by atoms with Crippen LogP contribution in [-0.4, -0.2) is 49.0 Å². The van der Waals surface area contributed by atoms with Crippen molar-refractivity contribution in [3.63, 3.8) is 0 Å². The number of aliphatic imine (C=N–C) groups is 1. The maximum Gasteiger partial charge on any atom is 0.422 e. The number of ether oxygens (including phenoxy) is 1. The van der Waals surface area contributed by atoms with E-state index >= 15 is 0 Å². The normalized spacial score (nSPS) is 14.0. The molecule has 1 N–H and O–H groups in total. The third-order valence-electron chi connectivity index (χ3n) is 4.75. The Morgan fingerprint density at radius 1 is 1.20 bits per heavy atom. The molecule has 2 aromatic rings. The molecule has 164 valence electrons. The Kier molecular flexibility index (Phi) is 8.20. The van der Waals surface area contributed by atoms with Crippen molar-refractivity contribution in [2.75, 3.05) is 26.5 Å². The summed E-state index contributed by atoms with van der Waals surface area (Å²) in [7, 11) is 3.13. The summed E-state index contributed by atoms with van der Waals surface area (Å²) >= 11 is 1.02. The average molecular weight is 441 g/mol. The largest absolute Gasteiger partial charge is 0.496 e. The number of nitrogens with zero attached hydrogens (tertiary/aromatic N) is 2. The number of hydrogen-bond acceptors (Lipinski definition) is 4. The molecule has 0 radical (unpaired) electrons. The summed E-state index contributed by atoms with van der Waals surface area (Å²) < 4.78 is 47.3. The third-order valence-corrected chi connectivity index (χ3v) is 5.91.